The number of nitrogens with zero attached hydrogens (tertiary/aromatic N) is 1. The Morgan fingerprint density at radius 3 is 2.50 bits per heavy atom. The summed E-state index contributed by atoms with van der Waals surface area (Å²) in [6, 6.07) is 9.09. The molecule has 0 N–H and O–H groups in total. The van der Waals surface area contributed by atoms with Crippen molar-refractivity contribution in [2.75, 3.05) is 11.9 Å². The van der Waals surface area contributed by atoms with Gasteiger partial charge in [-0.05, 0) is 12.1 Å². The van der Waals surface area contributed by atoms with E-state index in [1.165, 1.54) is 4.90 Å². The Bertz CT molecular complexity index is 263. The number of para-hydroxylation sites is 1. The molecule has 1 rings (SSSR count). The van der Waals surface area contributed by atoms with Crippen molar-refractivity contribution >= 4 is 23.6 Å². The fourth-order valence-electron chi connectivity index (χ4n) is 0.809. The molecule has 0 saturated heterocycles. The lowest BCUT2D eigenvalue weighted by Gasteiger charge is -2.13. The quantitative estimate of drug-likeness (QED) is 0.673. The van der Waals surface area contributed by atoms with Gasteiger partial charge in [-0.2, -0.15) is 0 Å². The van der Waals surface area contributed by atoms with Gasteiger partial charge in [0, 0.05) is 12.7 Å². The Morgan fingerprint density at radius 1 is 1.42 bits per heavy atom. The van der Waals surface area contributed by atoms with E-state index in [1.54, 1.807) is 19.2 Å². The van der Waals surface area contributed by atoms with Crippen LogP contribution in [0.2, 0.25) is 0 Å². The normalized spacial score (nSPS) is 9.17. The Morgan fingerprint density at radius 2 is 2.00 bits per heavy atom. The van der Waals surface area contributed by atoms with Gasteiger partial charge >= 0.3 is 6.09 Å². The molecule has 1 aromatic carbocycles. The van der Waals surface area contributed by atoms with Gasteiger partial charge in [0.15, 0.2) is 0 Å². The van der Waals surface area contributed by atoms with E-state index in [0.717, 1.165) is 5.69 Å². The number of hydrogen-bond donors (Lipinski definition) is 0. The van der Waals surface area contributed by atoms with E-state index < -0.39 is 6.09 Å². The van der Waals surface area contributed by atoms with Crippen molar-refractivity contribution < 1.29 is 9.08 Å². The van der Waals surface area contributed by atoms with Gasteiger partial charge in [-0.25, -0.2) is 4.79 Å². The zero-order chi connectivity index (χ0) is 8.97. The molecule has 0 aliphatic rings. The van der Waals surface area contributed by atoms with Crippen LogP contribution in [-0.2, 0) is 4.29 Å². The molecule has 3 nitrogen and oxygen atoms in total. The summed E-state index contributed by atoms with van der Waals surface area (Å²) in [5.41, 5.74) is 0.739. The maximum atomic E-state index is 10.9. The zero-order valence-electron chi connectivity index (χ0n) is 6.53. The highest BCUT2D eigenvalue weighted by Crippen LogP contribution is 2.12. The Hall–Kier alpha value is -1.22. The summed E-state index contributed by atoms with van der Waals surface area (Å²) in [4.78, 5) is 12.2. The first-order valence-corrected chi connectivity index (χ1v) is 3.68. The molecule has 0 saturated carbocycles. The third-order valence-electron chi connectivity index (χ3n) is 1.48. The second-order valence-corrected chi connectivity index (χ2v) is 2.39. The highest BCUT2D eigenvalue weighted by molar-refractivity contribution is 6.14. The number of rotatable bonds is 1. The van der Waals surface area contributed by atoms with E-state index in [1.807, 2.05) is 18.2 Å². The van der Waals surface area contributed by atoms with Gasteiger partial charge in [0.05, 0.1) is 0 Å². The lowest BCUT2D eigenvalue weighted by molar-refractivity contribution is 0.213. The number of anilines is 1. The largest absolute Gasteiger partial charge is 0.432 e. The number of amides is 1. The fourth-order valence-corrected chi connectivity index (χ4v) is 0.912. The summed E-state index contributed by atoms with van der Waals surface area (Å²) in [5.74, 6) is 0. The van der Waals surface area contributed by atoms with Crippen molar-refractivity contribution in [2.45, 2.75) is 0 Å². The van der Waals surface area contributed by atoms with Crippen molar-refractivity contribution in [1.29, 1.82) is 0 Å². The van der Waals surface area contributed by atoms with E-state index in [4.69, 9.17) is 11.9 Å². The maximum Gasteiger partial charge on any atom is 0.432 e. The van der Waals surface area contributed by atoms with Crippen LogP contribution >= 0.6 is 11.9 Å². The first-order chi connectivity index (χ1) is 5.75. The van der Waals surface area contributed by atoms with Crippen molar-refractivity contribution in [3.8, 4) is 0 Å². The smallest absolute Gasteiger partial charge is 0.330 e. The molecule has 4 heteroatoms. The van der Waals surface area contributed by atoms with Crippen LogP contribution in [0.4, 0.5) is 10.5 Å². The predicted molar refractivity (Wildman–Crippen MR) is 47.2 cm³/mol. The van der Waals surface area contributed by atoms with Crippen molar-refractivity contribution in [1.82, 2.24) is 0 Å². The van der Waals surface area contributed by atoms with Crippen LogP contribution < -0.4 is 4.90 Å². The van der Waals surface area contributed by atoms with Gasteiger partial charge in [0.25, 0.3) is 0 Å². The fraction of sp³-hybridized carbons (Fsp3) is 0.125. The van der Waals surface area contributed by atoms with Crippen LogP contribution in [-0.4, -0.2) is 13.1 Å². The molecule has 0 fully saturated rings. The van der Waals surface area contributed by atoms with Crippen LogP contribution in [0.15, 0.2) is 30.3 Å². The second kappa shape index (κ2) is 3.97. The summed E-state index contributed by atoms with van der Waals surface area (Å²) in [7, 11) is 1.58. The monoisotopic (exact) mass is 185 g/mol. The molecular weight excluding hydrogens is 178 g/mol. The molecular formula is C8H8ClNO2. The maximum absolute atomic E-state index is 10.9. The predicted octanol–water partition coefficient (Wildman–Crippen LogP) is 2.41. The summed E-state index contributed by atoms with van der Waals surface area (Å²) < 4.78 is 4.03. The third-order valence-corrected chi connectivity index (χ3v) is 1.62. The van der Waals surface area contributed by atoms with Gasteiger partial charge in [-0.15, -0.1) is 0 Å². The minimum Gasteiger partial charge on any atom is -0.330 e. The highest BCUT2D eigenvalue weighted by Gasteiger charge is 2.10. The molecule has 0 atom stereocenters. The molecule has 0 unspecified atom stereocenters. The SMILES string of the molecule is CN(C(=O)OCl)c1ccccc1. The van der Waals surface area contributed by atoms with E-state index in [0.29, 0.717) is 0 Å². The van der Waals surface area contributed by atoms with Crippen LogP contribution in [0.5, 0.6) is 0 Å². The number of carbonyl (C=O) groups is 1. The topological polar surface area (TPSA) is 29.5 Å². The molecule has 0 radical (unpaired) electrons. The van der Waals surface area contributed by atoms with Crippen LogP contribution in [0.1, 0.15) is 0 Å². The molecule has 12 heavy (non-hydrogen) atoms. The molecule has 0 aromatic heterocycles. The summed E-state index contributed by atoms with van der Waals surface area (Å²) in [6.45, 7) is 0. The lowest BCUT2D eigenvalue weighted by atomic mass is 10.3. The Labute approximate surface area is 75.7 Å². The minimum atomic E-state index is -0.595. The lowest BCUT2D eigenvalue weighted by Crippen LogP contribution is -2.24. The first-order valence-electron chi connectivity index (χ1n) is 3.37. The Balaban J connectivity index is 2.78. The highest BCUT2D eigenvalue weighted by atomic mass is 35.5. The number of hydrogen-bond acceptors (Lipinski definition) is 2. The van der Waals surface area contributed by atoms with Crippen LogP contribution in [0, 0.1) is 0 Å². The van der Waals surface area contributed by atoms with Gasteiger partial charge in [0.2, 0.25) is 0 Å². The van der Waals surface area contributed by atoms with E-state index >= 15 is 0 Å². The van der Waals surface area contributed by atoms with E-state index in [-0.39, 0.29) is 0 Å². The zero-order valence-corrected chi connectivity index (χ0v) is 7.28. The molecule has 64 valence electrons. The summed E-state index contributed by atoms with van der Waals surface area (Å²) in [6.07, 6.45) is -0.595. The van der Waals surface area contributed by atoms with E-state index in [2.05, 4.69) is 4.29 Å². The van der Waals surface area contributed by atoms with Gasteiger partial charge in [-0.1, -0.05) is 18.2 Å². The van der Waals surface area contributed by atoms with Gasteiger partial charge in [0.1, 0.15) is 11.9 Å². The van der Waals surface area contributed by atoms with Crippen molar-refractivity contribution in [3.63, 3.8) is 0 Å². The van der Waals surface area contributed by atoms with Crippen molar-refractivity contribution in [3.05, 3.63) is 30.3 Å². The van der Waals surface area contributed by atoms with Crippen molar-refractivity contribution in [2.24, 2.45) is 0 Å². The third kappa shape index (κ3) is 1.89. The molecule has 0 spiro atoms. The average Bonchev–Trinajstić information content (AvgIpc) is 2.17. The van der Waals surface area contributed by atoms with E-state index in [9.17, 15) is 4.79 Å². The number of halogens is 1. The Kier molecular flexibility index (Phi) is 2.94. The van der Waals surface area contributed by atoms with Gasteiger partial charge in [-0.3, -0.25) is 4.90 Å². The summed E-state index contributed by atoms with van der Waals surface area (Å²) in [5, 5.41) is 0. The second-order valence-electron chi connectivity index (χ2n) is 2.24. The number of benzene rings is 1. The van der Waals surface area contributed by atoms with Gasteiger partial charge < -0.3 is 4.29 Å². The molecule has 0 heterocycles. The molecule has 0 bridgehead atoms. The molecule has 1 aromatic rings. The molecule has 0 aliphatic carbocycles. The molecule has 1 amide bonds. The molecule has 0 aliphatic heterocycles. The van der Waals surface area contributed by atoms with Crippen LogP contribution in [0.3, 0.4) is 0 Å². The first kappa shape index (κ1) is 8.87. The number of carbonyl (C=O) groups excluding carboxylic acids is 1. The standard InChI is InChI=1S/C8H8ClNO2/c1-10(8(11)12-9)7-5-3-2-4-6-7/h2-6H,1H3. The average molecular weight is 186 g/mol. The summed E-state index contributed by atoms with van der Waals surface area (Å²) >= 11 is 4.91. The minimum absolute atomic E-state index is 0.595. The van der Waals surface area contributed by atoms with Crippen LogP contribution in [0.25, 0.3) is 0 Å².